The van der Waals surface area contributed by atoms with Gasteiger partial charge in [-0.15, -0.1) is 41.5 Å². The topological polar surface area (TPSA) is 20.2 Å². The van der Waals surface area contributed by atoms with Gasteiger partial charge < -0.3 is 5.11 Å². The maximum atomic E-state index is 9.99. The monoisotopic (exact) mass is 429 g/mol. The molecule has 0 bridgehead atoms. The third-order valence-corrected chi connectivity index (χ3v) is 5.87. The van der Waals surface area contributed by atoms with E-state index in [1.165, 1.54) is 27.9 Å². The van der Waals surface area contributed by atoms with Gasteiger partial charge in [0.25, 0.3) is 0 Å². The van der Waals surface area contributed by atoms with Gasteiger partial charge in [0.1, 0.15) is 6.10 Å². The molecule has 0 saturated heterocycles. The summed E-state index contributed by atoms with van der Waals surface area (Å²) in [6.07, 6.45) is -0.516. The molecule has 30 heavy (non-hydrogen) atoms. The van der Waals surface area contributed by atoms with Crippen LogP contribution in [0.15, 0.2) is 102 Å². The molecule has 0 fully saturated rings. The molecule has 4 rings (SSSR count). The van der Waals surface area contributed by atoms with Crippen molar-refractivity contribution in [2.24, 2.45) is 5.92 Å². The van der Waals surface area contributed by atoms with Crippen molar-refractivity contribution in [2.75, 3.05) is 0 Å². The van der Waals surface area contributed by atoms with E-state index in [1.807, 2.05) is 72.8 Å². The Labute approximate surface area is 196 Å². The van der Waals surface area contributed by atoms with E-state index in [2.05, 4.69) is 45.9 Å². The van der Waals surface area contributed by atoms with Crippen molar-refractivity contribution < 1.29 is 26.8 Å². The van der Waals surface area contributed by atoms with Crippen molar-refractivity contribution in [3.63, 3.8) is 0 Å². The molecule has 1 atom stereocenters. The third-order valence-electron chi connectivity index (χ3n) is 5.87. The van der Waals surface area contributed by atoms with Gasteiger partial charge in [0.15, 0.2) is 0 Å². The average molecular weight is 429 g/mol. The molecule has 0 amide bonds. The summed E-state index contributed by atoms with van der Waals surface area (Å²) in [6, 6.07) is 30.9. The van der Waals surface area contributed by atoms with Gasteiger partial charge in [-0.3, -0.25) is 0 Å². The van der Waals surface area contributed by atoms with Gasteiger partial charge in [-0.1, -0.05) is 84.3 Å². The molecular weight excluding hydrogens is 400 g/mol. The van der Waals surface area contributed by atoms with Crippen LogP contribution in [0.4, 0.5) is 0 Å². The first-order valence-corrected chi connectivity index (χ1v) is 10.1. The maximum absolute atomic E-state index is 9.99. The second kappa shape index (κ2) is 11.3. The van der Waals surface area contributed by atoms with E-state index in [0.29, 0.717) is 5.92 Å². The fourth-order valence-electron chi connectivity index (χ4n) is 3.82. The molecule has 1 unspecified atom stereocenters. The van der Waals surface area contributed by atoms with Gasteiger partial charge >= 0.3 is 0 Å². The van der Waals surface area contributed by atoms with Gasteiger partial charge in [0.2, 0.25) is 0 Å². The summed E-state index contributed by atoms with van der Waals surface area (Å²) >= 11 is 0. The smallest absolute Gasteiger partial charge is 0.104 e. The largest absolute Gasteiger partial charge is 0.384 e. The van der Waals surface area contributed by atoms with Crippen LogP contribution in [-0.2, 0) is 21.7 Å². The zero-order chi connectivity index (χ0) is 20.8. The Morgan fingerprint density at radius 2 is 1.23 bits per heavy atom. The van der Waals surface area contributed by atoms with Crippen LogP contribution in [0.2, 0.25) is 0 Å². The van der Waals surface area contributed by atoms with Crippen LogP contribution in [0.25, 0.3) is 5.57 Å². The van der Waals surface area contributed by atoms with Crippen LogP contribution < -0.4 is 0 Å². The van der Waals surface area contributed by atoms with Crippen LogP contribution >= 0.6 is 0 Å². The van der Waals surface area contributed by atoms with E-state index in [0.717, 1.165) is 11.1 Å². The van der Waals surface area contributed by atoms with Crippen LogP contribution in [0.1, 0.15) is 50.5 Å². The van der Waals surface area contributed by atoms with Crippen LogP contribution in [0, 0.1) is 12.0 Å². The summed E-state index contributed by atoms with van der Waals surface area (Å²) in [4.78, 5) is 0. The molecule has 1 N–H and O–H groups in total. The Morgan fingerprint density at radius 3 is 1.63 bits per heavy atom. The fourth-order valence-corrected chi connectivity index (χ4v) is 3.82. The second-order valence-electron chi connectivity index (χ2n) is 7.57. The molecule has 0 radical (unpaired) electrons. The molecule has 2 heteroatoms. The second-order valence-corrected chi connectivity index (χ2v) is 7.57. The zero-order valence-corrected chi connectivity index (χ0v) is 19.7. The van der Waals surface area contributed by atoms with Gasteiger partial charge in [0, 0.05) is 21.7 Å². The van der Waals surface area contributed by atoms with E-state index in [-0.39, 0.29) is 21.7 Å². The molecule has 0 spiro atoms. The minimum absolute atomic E-state index is 0. The number of rotatable bonds is 3. The Hall–Kier alpha value is -2.19. The van der Waals surface area contributed by atoms with E-state index in [1.54, 1.807) is 0 Å². The first kappa shape index (κ1) is 24.1. The van der Waals surface area contributed by atoms with Gasteiger partial charge in [0.05, 0.1) is 0 Å². The van der Waals surface area contributed by atoms with Crippen molar-refractivity contribution in [3.8, 4) is 0 Å². The normalized spacial score (nSPS) is 15.6. The van der Waals surface area contributed by atoms with E-state index >= 15 is 0 Å². The standard InChI is InChI=1S/C15H17.C13H12O.Ti/c1-10-11(2)13(4)15(12(10)3)14-8-6-5-7-9-14;14-13(11-7-3-1-4-8-11)12-9-5-2-6-10-12;/h5-8,12H,1-4H3;1-10,13-14H;/q-1;;. The quantitative estimate of drug-likeness (QED) is 0.351. The van der Waals surface area contributed by atoms with Gasteiger partial charge in [-0.25, -0.2) is 0 Å². The summed E-state index contributed by atoms with van der Waals surface area (Å²) in [6.45, 7) is 8.96. The summed E-state index contributed by atoms with van der Waals surface area (Å²) in [5, 5.41) is 9.99. The minimum atomic E-state index is -0.516. The zero-order valence-electron chi connectivity index (χ0n) is 18.2. The number of aliphatic hydroxyl groups excluding tert-OH is 1. The summed E-state index contributed by atoms with van der Waals surface area (Å²) in [5.41, 5.74) is 8.94. The summed E-state index contributed by atoms with van der Waals surface area (Å²) < 4.78 is 0. The fraction of sp³-hybridized carbons (Fsp3) is 0.214. The number of hydrogen-bond donors (Lipinski definition) is 1. The van der Waals surface area contributed by atoms with Crippen molar-refractivity contribution in [3.05, 3.63) is 124 Å². The molecule has 152 valence electrons. The molecule has 1 aliphatic rings. The Morgan fingerprint density at radius 1 is 0.733 bits per heavy atom. The summed E-state index contributed by atoms with van der Waals surface area (Å²) in [5.74, 6) is 0.545. The van der Waals surface area contributed by atoms with E-state index in [4.69, 9.17) is 0 Å². The molecule has 3 aromatic rings. The SMILES string of the molecule is CC1=C(C)C(C)C(c2[c-]cccc2)=C1C.OC(c1ccccc1)c1ccccc1.[Ti]. The molecular formula is C28H29OTi-. The molecule has 3 aromatic carbocycles. The predicted molar refractivity (Wildman–Crippen MR) is 122 cm³/mol. The van der Waals surface area contributed by atoms with Crippen molar-refractivity contribution >= 4 is 5.57 Å². The third kappa shape index (κ3) is 5.49. The number of benzene rings is 3. The molecule has 1 aliphatic carbocycles. The predicted octanol–water partition coefficient (Wildman–Crippen LogP) is 7.01. The average Bonchev–Trinajstić information content (AvgIpc) is 2.98. The van der Waals surface area contributed by atoms with Crippen molar-refractivity contribution in [2.45, 2.75) is 33.8 Å². The van der Waals surface area contributed by atoms with Gasteiger partial charge in [-0.05, 0) is 37.8 Å². The Bertz CT molecular complexity index is 949. The Kier molecular flexibility index (Phi) is 9.05. The van der Waals surface area contributed by atoms with Crippen LogP contribution in [0.5, 0.6) is 0 Å². The minimum Gasteiger partial charge on any atom is -0.384 e. The number of aliphatic hydroxyl groups is 1. The summed E-state index contributed by atoms with van der Waals surface area (Å²) in [7, 11) is 0. The first-order valence-electron chi connectivity index (χ1n) is 10.1. The first-order chi connectivity index (χ1) is 14.0. The van der Waals surface area contributed by atoms with Crippen LogP contribution in [0.3, 0.4) is 0 Å². The number of hydrogen-bond acceptors (Lipinski definition) is 1. The molecule has 1 nitrogen and oxygen atoms in total. The van der Waals surface area contributed by atoms with E-state index < -0.39 is 6.10 Å². The Balaban J connectivity index is 0.000000207. The maximum Gasteiger partial charge on any atom is 0.104 e. The van der Waals surface area contributed by atoms with Crippen molar-refractivity contribution in [1.82, 2.24) is 0 Å². The van der Waals surface area contributed by atoms with Crippen molar-refractivity contribution in [1.29, 1.82) is 0 Å². The molecule has 0 saturated carbocycles. The van der Waals surface area contributed by atoms with Crippen LogP contribution in [-0.4, -0.2) is 5.11 Å². The molecule has 0 aliphatic heterocycles. The van der Waals surface area contributed by atoms with Gasteiger partial charge in [-0.2, -0.15) is 0 Å². The number of allylic oxidation sites excluding steroid dienone is 4. The molecule has 0 aromatic heterocycles. The van der Waals surface area contributed by atoms with E-state index in [9.17, 15) is 5.11 Å². The molecule has 0 heterocycles.